The number of esters is 1. The number of para-hydroxylation sites is 2. The molecule has 1 aliphatic rings. The van der Waals surface area contributed by atoms with Crippen LogP contribution in [0.1, 0.15) is 25.3 Å². The van der Waals surface area contributed by atoms with Crippen LogP contribution in [0.25, 0.3) is 6.08 Å². The van der Waals surface area contributed by atoms with Crippen molar-refractivity contribution >= 4 is 23.6 Å². The minimum Gasteiger partial charge on any atom is -0.490 e. The first kappa shape index (κ1) is 17.7. The Kier molecular flexibility index (Phi) is 5.69. The maximum Gasteiger partial charge on any atom is 0.336 e. The zero-order valence-corrected chi connectivity index (χ0v) is 14.7. The lowest BCUT2D eigenvalue weighted by Gasteiger charge is -2.15. The molecule has 5 heteroatoms. The van der Waals surface area contributed by atoms with Gasteiger partial charge in [0.1, 0.15) is 0 Å². The van der Waals surface area contributed by atoms with E-state index in [4.69, 9.17) is 9.47 Å². The first-order valence-electron chi connectivity index (χ1n) is 8.69. The lowest BCUT2D eigenvalue weighted by Crippen LogP contribution is -2.23. The van der Waals surface area contributed by atoms with Gasteiger partial charge in [-0.25, -0.2) is 4.79 Å². The Labute approximate surface area is 152 Å². The first-order valence-corrected chi connectivity index (χ1v) is 8.69. The fraction of sp³-hybridized carbons (Fsp3) is 0.238. The topological polar surface area (TPSA) is 55.8 Å². The number of hydrogen-bond donors (Lipinski definition) is 0. The lowest BCUT2D eigenvalue weighted by molar-refractivity contribution is -0.129. The van der Waals surface area contributed by atoms with Crippen LogP contribution in [0.3, 0.4) is 0 Å². The summed E-state index contributed by atoms with van der Waals surface area (Å²) in [6.45, 7) is 3.13. The molecule has 1 amide bonds. The van der Waals surface area contributed by atoms with E-state index in [0.29, 0.717) is 24.5 Å². The smallest absolute Gasteiger partial charge is 0.336 e. The summed E-state index contributed by atoms with van der Waals surface area (Å²) in [5.74, 6) is 0.615. The highest BCUT2D eigenvalue weighted by Crippen LogP contribution is 2.26. The SMILES string of the molecule is CCOc1ccccc1OC(=O)/C=C/c1ccc(N2CCCC2=O)cc1. The molecule has 0 atom stereocenters. The molecule has 26 heavy (non-hydrogen) atoms. The van der Waals surface area contributed by atoms with Crippen LogP contribution in [0, 0.1) is 0 Å². The largest absolute Gasteiger partial charge is 0.490 e. The highest BCUT2D eigenvalue weighted by molar-refractivity contribution is 5.95. The van der Waals surface area contributed by atoms with Crippen molar-refractivity contribution in [3.8, 4) is 11.5 Å². The van der Waals surface area contributed by atoms with Gasteiger partial charge >= 0.3 is 5.97 Å². The average molecular weight is 351 g/mol. The van der Waals surface area contributed by atoms with Crippen LogP contribution in [-0.2, 0) is 9.59 Å². The quantitative estimate of drug-likeness (QED) is 0.451. The van der Waals surface area contributed by atoms with Gasteiger partial charge < -0.3 is 14.4 Å². The normalized spacial score (nSPS) is 14.0. The number of anilines is 1. The van der Waals surface area contributed by atoms with Gasteiger partial charge in [-0.1, -0.05) is 24.3 Å². The maximum atomic E-state index is 12.0. The third-order valence-corrected chi connectivity index (χ3v) is 4.05. The van der Waals surface area contributed by atoms with Gasteiger partial charge in [0.15, 0.2) is 11.5 Å². The van der Waals surface area contributed by atoms with Crippen LogP contribution < -0.4 is 14.4 Å². The number of nitrogens with zero attached hydrogens (tertiary/aromatic N) is 1. The van der Waals surface area contributed by atoms with E-state index < -0.39 is 5.97 Å². The van der Waals surface area contributed by atoms with Crippen LogP contribution in [0.2, 0.25) is 0 Å². The number of carbonyl (C=O) groups is 2. The molecule has 0 radical (unpaired) electrons. The second-order valence-corrected chi connectivity index (χ2v) is 5.87. The monoisotopic (exact) mass is 351 g/mol. The van der Waals surface area contributed by atoms with Crippen molar-refractivity contribution < 1.29 is 19.1 Å². The van der Waals surface area contributed by atoms with E-state index in [-0.39, 0.29) is 5.91 Å². The molecule has 1 fully saturated rings. The van der Waals surface area contributed by atoms with Crippen LogP contribution in [-0.4, -0.2) is 25.0 Å². The van der Waals surface area contributed by atoms with E-state index in [1.54, 1.807) is 29.2 Å². The zero-order chi connectivity index (χ0) is 18.4. The van der Waals surface area contributed by atoms with Gasteiger partial charge in [0, 0.05) is 24.7 Å². The second kappa shape index (κ2) is 8.34. The van der Waals surface area contributed by atoms with Crippen molar-refractivity contribution in [2.45, 2.75) is 19.8 Å². The Bertz CT molecular complexity index is 811. The third kappa shape index (κ3) is 4.30. The van der Waals surface area contributed by atoms with Gasteiger partial charge in [0.05, 0.1) is 6.61 Å². The molecule has 0 unspecified atom stereocenters. The number of rotatable bonds is 6. The Morgan fingerprint density at radius 1 is 1.12 bits per heavy atom. The molecule has 0 bridgehead atoms. The summed E-state index contributed by atoms with van der Waals surface area (Å²) in [4.78, 5) is 25.6. The molecular formula is C21H21NO4. The van der Waals surface area contributed by atoms with E-state index in [2.05, 4.69) is 0 Å². The molecule has 0 N–H and O–H groups in total. The molecule has 0 spiro atoms. The summed E-state index contributed by atoms with van der Waals surface area (Å²) in [5, 5.41) is 0. The minimum absolute atomic E-state index is 0.157. The molecule has 5 nitrogen and oxygen atoms in total. The Morgan fingerprint density at radius 3 is 2.50 bits per heavy atom. The van der Waals surface area contributed by atoms with Crippen LogP contribution >= 0.6 is 0 Å². The minimum atomic E-state index is -0.476. The number of carbonyl (C=O) groups excluding carboxylic acids is 2. The van der Waals surface area contributed by atoms with Gasteiger partial charge in [-0.3, -0.25) is 4.79 Å². The van der Waals surface area contributed by atoms with Crippen LogP contribution in [0.4, 0.5) is 5.69 Å². The van der Waals surface area contributed by atoms with Crippen LogP contribution in [0.15, 0.2) is 54.6 Å². The van der Waals surface area contributed by atoms with Crippen molar-refractivity contribution in [1.29, 1.82) is 0 Å². The number of benzene rings is 2. The summed E-state index contributed by atoms with van der Waals surface area (Å²) >= 11 is 0. The Hall–Kier alpha value is -3.08. The molecule has 2 aromatic carbocycles. The number of hydrogen-bond acceptors (Lipinski definition) is 4. The number of ether oxygens (including phenoxy) is 2. The highest BCUT2D eigenvalue weighted by Gasteiger charge is 2.21. The van der Waals surface area contributed by atoms with Gasteiger partial charge in [0.25, 0.3) is 0 Å². The van der Waals surface area contributed by atoms with Gasteiger partial charge in [0.2, 0.25) is 5.91 Å². The molecule has 0 saturated carbocycles. The second-order valence-electron chi connectivity index (χ2n) is 5.87. The van der Waals surface area contributed by atoms with Crippen molar-refractivity contribution in [3.05, 3.63) is 60.2 Å². The summed E-state index contributed by atoms with van der Waals surface area (Å²) in [7, 11) is 0. The standard InChI is InChI=1S/C21H21NO4/c1-2-25-18-6-3-4-7-19(18)26-21(24)14-11-16-9-12-17(13-10-16)22-15-5-8-20(22)23/h3-4,6-7,9-14H,2,5,8,15H2,1H3/b14-11+. The van der Waals surface area contributed by atoms with E-state index in [0.717, 1.165) is 24.2 Å². The molecule has 0 aromatic heterocycles. The van der Waals surface area contributed by atoms with E-state index in [1.807, 2.05) is 37.3 Å². The Balaban J connectivity index is 1.62. The van der Waals surface area contributed by atoms with Gasteiger partial charge in [-0.2, -0.15) is 0 Å². The molecule has 3 rings (SSSR count). The molecule has 2 aromatic rings. The summed E-state index contributed by atoms with van der Waals surface area (Å²) < 4.78 is 10.8. The predicted octanol–water partition coefficient (Wildman–Crippen LogP) is 3.83. The van der Waals surface area contributed by atoms with Gasteiger partial charge in [-0.05, 0) is 49.2 Å². The average Bonchev–Trinajstić information content (AvgIpc) is 3.08. The van der Waals surface area contributed by atoms with E-state index >= 15 is 0 Å². The fourth-order valence-corrected chi connectivity index (χ4v) is 2.80. The highest BCUT2D eigenvalue weighted by atomic mass is 16.6. The first-order chi connectivity index (χ1) is 12.7. The van der Waals surface area contributed by atoms with Crippen molar-refractivity contribution in [3.63, 3.8) is 0 Å². The maximum absolute atomic E-state index is 12.0. The molecular weight excluding hydrogens is 330 g/mol. The molecule has 0 aliphatic carbocycles. The van der Waals surface area contributed by atoms with Crippen molar-refractivity contribution in [1.82, 2.24) is 0 Å². The van der Waals surface area contributed by atoms with E-state index in [1.165, 1.54) is 6.08 Å². The molecule has 134 valence electrons. The summed E-state index contributed by atoms with van der Waals surface area (Å²) in [6.07, 6.45) is 4.56. The Morgan fingerprint density at radius 2 is 1.85 bits per heavy atom. The molecule has 1 saturated heterocycles. The third-order valence-electron chi connectivity index (χ3n) is 4.05. The fourth-order valence-electron chi connectivity index (χ4n) is 2.80. The number of amides is 1. The predicted molar refractivity (Wildman–Crippen MR) is 100 cm³/mol. The zero-order valence-electron chi connectivity index (χ0n) is 14.7. The van der Waals surface area contributed by atoms with E-state index in [9.17, 15) is 9.59 Å². The van der Waals surface area contributed by atoms with Gasteiger partial charge in [-0.15, -0.1) is 0 Å². The molecule has 1 heterocycles. The summed E-state index contributed by atoms with van der Waals surface area (Å²) in [6, 6.07) is 14.6. The van der Waals surface area contributed by atoms with Crippen LogP contribution in [0.5, 0.6) is 11.5 Å². The summed E-state index contributed by atoms with van der Waals surface area (Å²) in [5.41, 5.74) is 1.74. The van der Waals surface area contributed by atoms with Crippen molar-refractivity contribution in [2.24, 2.45) is 0 Å². The lowest BCUT2D eigenvalue weighted by atomic mass is 10.2. The molecule has 1 aliphatic heterocycles. The van der Waals surface area contributed by atoms with Crippen molar-refractivity contribution in [2.75, 3.05) is 18.1 Å².